The smallest absolute Gasteiger partial charge is 0.0304 e. The highest BCUT2D eigenvalue weighted by atomic mass is 79.9. The van der Waals surface area contributed by atoms with Gasteiger partial charge in [0, 0.05) is 23.1 Å². The van der Waals surface area contributed by atoms with Gasteiger partial charge in [0.15, 0.2) is 0 Å². The molecule has 1 rings (SSSR count). The van der Waals surface area contributed by atoms with Gasteiger partial charge >= 0.3 is 0 Å². The number of benzene rings is 1. The van der Waals surface area contributed by atoms with Crippen LogP contribution >= 0.6 is 15.9 Å². The number of hydrogen-bond acceptors (Lipinski definition) is 2. The number of nitrogens with two attached hydrogens (primary N) is 1. The summed E-state index contributed by atoms with van der Waals surface area (Å²) in [5.74, 6) is 0. The van der Waals surface area contributed by atoms with E-state index >= 15 is 0 Å². The van der Waals surface area contributed by atoms with Crippen molar-refractivity contribution in [2.24, 2.45) is 5.73 Å². The fraction of sp³-hybridized carbons (Fsp3) is 0.625. The summed E-state index contributed by atoms with van der Waals surface area (Å²) < 4.78 is 1.13. The molecule has 1 unspecified atom stereocenters. The molecule has 108 valence electrons. The summed E-state index contributed by atoms with van der Waals surface area (Å²) in [6, 6.07) is 8.53. The fourth-order valence-corrected chi connectivity index (χ4v) is 2.52. The number of unbranched alkanes of at least 4 members (excludes halogenated alkanes) is 2. The van der Waals surface area contributed by atoms with Gasteiger partial charge in [-0.15, -0.1) is 0 Å². The molecule has 1 aromatic rings. The van der Waals surface area contributed by atoms with E-state index in [0.717, 1.165) is 11.0 Å². The highest BCUT2D eigenvalue weighted by molar-refractivity contribution is 9.10. The maximum atomic E-state index is 6.02. The Morgan fingerprint density at radius 1 is 1.21 bits per heavy atom. The van der Waals surface area contributed by atoms with Crippen molar-refractivity contribution in [2.45, 2.75) is 51.6 Å². The second-order valence-electron chi connectivity index (χ2n) is 5.64. The van der Waals surface area contributed by atoms with Crippen molar-refractivity contribution in [3.8, 4) is 0 Å². The summed E-state index contributed by atoms with van der Waals surface area (Å²) in [4.78, 5) is 2.39. The minimum absolute atomic E-state index is 0.0994. The maximum absolute atomic E-state index is 6.02. The lowest BCUT2D eigenvalue weighted by molar-refractivity contribution is 0.123. The topological polar surface area (TPSA) is 29.3 Å². The van der Waals surface area contributed by atoms with E-state index < -0.39 is 0 Å². The Labute approximate surface area is 126 Å². The summed E-state index contributed by atoms with van der Waals surface area (Å²) in [7, 11) is 2.18. The molecular weight excluding hydrogens is 300 g/mol. The Balaban J connectivity index is 2.61. The van der Waals surface area contributed by atoms with E-state index in [1.54, 1.807) is 0 Å². The van der Waals surface area contributed by atoms with Gasteiger partial charge in [-0.25, -0.2) is 0 Å². The zero-order chi connectivity index (χ0) is 14.3. The average molecular weight is 327 g/mol. The minimum Gasteiger partial charge on any atom is -0.329 e. The fourth-order valence-electron chi connectivity index (χ4n) is 2.26. The van der Waals surface area contributed by atoms with Crippen LogP contribution in [0.4, 0.5) is 0 Å². The highest BCUT2D eigenvalue weighted by Crippen LogP contribution is 2.23. The molecule has 0 aliphatic rings. The van der Waals surface area contributed by atoms with Crippen molar-refractivity contribution in [2.75, 3.05) is 13.6 Å². The lowest BCUT2D eigenvalue weighted by atomic mass is 9.92. The lowest BCUT2D eigenvalue weighted by Gasteiger charge is -2.38. The standard InChI is InChI=1S/C16H27BrN2/c1-4-5-6-11-16(2,13-18)19(3)12-14-7-9-15(17)10-8-14/h7-10H,4-6,11-13,18H2,1-3H3. The van der Waals surface area contributed by atoms with Crippen LogP contribution in [0.5, 0.6) is 0 Å². The molecule has 0 spiro atoms. The molecule has 0 radical (unpaired) electrons. The normalized spacial score (nSPS) is 14.6. The number of rotatable bonds is 8. The van der Waals surface area contributed by atoms with Gasteiger partial charge in [0.1, 0.15) is 0 Å². The maximum Gasteiger partial charge on any atom is 0.0304 e. The first-order valence-corrected chi connectivity index (χ1v) is 7.97. The average Bonchev–Trinajstić information content (AvgIpc) is 2.41. The van der Waals surface area contributed by atoms with Crippen LogP contribution in [0.1, 0.15) is 45.1 Å². The Kier molecular flexibility index (Phi) is 7.05. The molecular formula is C16H27BrN2. The second kappa shape index (κ2) is 8.03. The third-order valence-corrected chi connectivity index (χ3v) is 4.54. The molecule has 2 N–H and O–H groups in total. The van der Waals surface area contributed by atoms with Gasteiger partial charge in [0.2, 0.25) is 0 Å². The molecule has 1 aromatic carbocycles. The molecule has 0 aromatic heterocycles. The zero-order valence-corrected chi connectivity index (χ0v) is 14.0. The van der Waals surface area contributed by atoms with Crippen LogP contribution in [0.25, 0.3) is 0 Å². The van der Waals surface area contributed by atoms with Crippen molar-refractivity contribution in [3.63, 3.8) is 0 Å². The lowest BCUT2D eigenvalue weighted by Crippen LogP contribution is -2.49. The third kappa shape index (κ3) is 5.25. The Morgan fingerprint density at radius 2 is 1.84 bits per heavy atom. The third-order valence-electron chi connectivity index (χ3n) is 4.01. The van der Waals surface area contributed by atoms with Crippen molar-refractivity contribution in [1.29, 1.82) is 0 Å². The van der Waals surface area contributed by atoms with Gasteiger partial charge in [-0.2, -0.15) is 0 Å². The molecule has 1 atom stereocenters. The molecule has 0 saturated heterocycles. The van der Waals surface area contributed by atoms with E-state index in [2.05, 4.69) is 66.0 Å². The van der Waals surface area contributed by atoms with E-state index in [1.807, 2.05) is 0 Å². The minimum atomic E-state index is 0.0994. The van der Waals surface area contributed by atoms with Crippen LogP contribution in [0, 0.1) is 0 Å². The van der Waals surface area contributed by atoms with Crippen LogP contribution in [-0.4, -0.2) is 24.0 Å². The van der Waals surface area contributed by atoms with Crippen LogP contribution in [0.2, 0.25) is 0 Å². The van der Waals surface area contributed by atoms with E-state index in [-0.39, 0.29) is 5.54 Å². The highest BCUT2D eigenvalue weighted by Gasteiger charge is 2.26. The SMILES string of the molecule is CCCCCC(C)(CN)N(C)Cc1ccc(Br)cc1. The summed E-state index contributed by atoms with van der Waals surface area (Å²) >= 11 is 3.47. The second-order valence-corrected chi connectivity index (χ2v) is 6.56. The first kappa shape index (κ1) is 16.7. The van der Waals surface area contributed by atoms with Crippen LogP contribution in [-0.2, 0) is 6.54 Å². The molecule has 0 fully saturated rings. The monoisotopic (exact) mass is 326 g/mol. The van der Waals surface area contributed by atoms with Crippen molar-refractivity contribution in [1.82, 2.24) is 4.90 Å². The predicted molar refractivity (Wildman–Crippen MR) is 87.2 cm³/mol. The van der Waals surface area contributed by atoms with E-state index in [0.29, 0.717) is 6.54 Å². The molecule has 0 amide bonds. The number of nitrogens with zero attached hydrogens (tertiary/aromatic N) is 1. The number of likely N-dealkylation sites (N-methyl/N-ethyl adjacent to an activating group) is 1. The summed E-state index contributed by atoms with van der Waals surface area (Å²) in [5.41, 5.74) is 7.45. The Bertz CT molecular complexity index is 364. The van der Waals surface area contributed by atoms with Gasteiger partial charge in [-0.1, -0.05) is 54.2 Å². The van der Waals surface area contributed by atoms with Crippen LogP contribution < -0.4 is 5.73 Å². The predicted octanol–water partition coefficient (Wildman–Crippen LogP) is 4.18. The van der Waals surface area contributed by atoms with Gasteiger partial charge < -0.3 is 5.73 Å². The van der Waals surface area contributed by atoms with E-state index in [4.69, 9.17) is 5.73 Å². The molecule has 0 bridgehead atoms. The summed E-state index contributed by atoms with van der Waals surface area (Å²) in [5, 5.41) is 0. The van der Waals surface area contributed by atoms with Crippen LogP contribution in [0.3, 0.4) is 0 Å². The molecule has 2 nitrogen and oxygen atoms in total. The molecule has 0 aliphatic heterocycles. The first-order chi connectivity index (χ1) is 9.01. The van der Waals surface area contributed by atoms with E-state index in [9.17, 15) is 0 Å². The molecule has 3 heteroatoms. The first-order valence-electron chi connectivity index (χ1n) is 7.17. The molecule has 19 heavy (non-hydrogen) atoms. The number of halogens is 1. The number of hydrogen-bond donors (Lipinski definition) is 1. The zero-order valence-electron chi connectivity index (χ0n) is 12.5. The van der Waals surface area contributed by atoms with Gasteiger partial charge in [-0.05, 0) is 38.1 Å². The van der Waals surface area contributed by atoms with Gasteiger partial charge in [0.05, 0.1) is 0 Å². The Morgan fingerprint density at radius 3 is 2.37 bits per heavy atom. The molecule has 0 heterocycles. The van der Waals surface area contributed by atoms with Crippen molar-refractivity contribution >= 4 is 15.9 Å². The van der Waals surface area contributed by atoms with E-state index in [1.165, 1.54) is 31.2 Å². The molecule has 0 aliphatic carbocycles. The van der Waals surface area contributed by atoms with Gasteiger partial charge in [0.25, 0.3) is 0 Å². The quantitative estimate of drug-likeness (QED) is 0.726. The summed E-state index contributed by atoms with van der Waals surface area (Å²) in [6.07, 6.45) is 4.98. The van der Waals surface area contributed by atoms with Crippen molar-refractivity contribution in [3.05, 3.63) is 34.3 Å². The van der Waals surface area contributed by atoms with Crippen molar-refractivity contribution < 1.29 is 0 Å². The van der Waals surface area contributed by atoms with Gasteiger partial charge in [-0.3, -0.25) is 4.90 Å². The molecule has 0 saturated carbocycles. The largest absolute Gasteiger partial charge is 0.329 e. The summed E-state index contributed by atoms with van der Waals surface area (Å²) in [6.45, 7) is 6.18. The Hall–Kier alpha value is -0.380. The van der Waals surface area contributed by atoms with Crippen LogP contribution in [0.15, 0.2) is 28.7 Å².